The molecular weight excluding hydrogens is 202 g/mol. The minimum atomic E-state index is -0.136. The van der Waals surface area contributed by atoms with Crippen LogP contribution in [0.5, 0.6) is 0 Å². The van der Waals surface area contributed by atoms with Gasteiger partial charge in [-0.05, 0) is 38.9 Å². The van der Waals surface area contributed by atoms with Crippen molar-refractivity contribution in [2.24, 2.45) is 0 Å². The van der Waals surface area contributed by atoms with Crippen LogP contribution >= 0.6 is 0 Å². The van der Waals surface area contributed by atoms with Crippen molar-refractivity contribution in [1.82, 2.24) is 15.6 Å². The summed E-state index contributed by atoms with van der Waals surface area (Å²) in [6, 6.07) is 5.48. The lowest BCUT2D eigenvalue weighted by atomic mass is 10.0. The fraction of sp³-hybridized carbons (Fsp3) is 0.500. The monoisotopic (exact) mass is 219 g/mol. The highest BCUT2D eigenvalue weighted by Crippen LogP contribution is 2.13. The number of pyridine rings is 1. The number of rotatable bonds is 2. The second-order valence-electron chi connectivity index (χ2n) is 4.61. The molecule has 1 fully saturated rings. The SMILES string of the molecule is Cc1cccc(C(=O)NC2(C)CCNC2)n1. The highest BCUT2D eigenvalue weighted by Gasteiger charge is 2.30. The molecular formula is C12H17N3O. The molecule has 4 heteroatoms. The summed E-state index contributed by atoms with van der Waals surface area (Å²) >= 11 is 0. The second kappa shape index (κ2) is 4.22. The van der Waals surface area contributed by atoms with Gasteiger partial charge in [0.1, 0.15) is 5.69 Å². The number of carbonyl (C=O) groups is 1. The van der Waals surface area contributed by atoms with E-state index in [0.717, 1.165) is 25.2 Å². The number of nitrogens with one attached hydrogen (secondary N) is 2. The van der Waals surface area contributed by atoms with Gasteiger partial charge in [0.2, 0.25) is 0 Å². The zero-order valence-corrected chi connectivity index (χ0v) is 9.71. The van der Waals surface area contributed by atoms with Crippen LogP contribution in [0, 0.1) is 6.92 Å². The summed E-state index contributed by atoms with van der Waals surface area (Å²) in [5, 5.41) is 6.28. The largest absolute Gasteiger partial charge is 0.344 e. The molecule has 2 rings (SSSR count). The van der Waals surface area contributed by atoms with E-state index in [2.05, 4.69) is 22.5 Å². The Bertz CT molecular complexity index is 397. The average Bonchev–Trinajstić information content (AvgIpc) is 2.65. The van der Waals surface area contributed by atoms with Gasteiger partial charge in [0.25, 0.3) is 5.91 Å². The third-order valence-corrected chi connectivity index (χ3v) is 2.90. The van der Waals surface area contributed by atoms with Gasteiger partial charge >= 0.3 is 0 Å². The van der Waals surface area contributed by atoms with Crippen molar-refractivity contribution in [2.75, 3.05) is 13.1 Å². The van der Waals surface area contributed by atoms with Crippen LogP contribution in [0.2, 0.25) is 0 Å². The zero-order chi connectivity index (χ0) is 11.6. The molecule has 1 aromatic rings. The molecule has 1 aliphatic rings. The second-order valence-corrected chi connectivity index (χ2v) is 4.61. The number of aromatic nitrogens is 1. The first kappa shape index (κ1) is 11.1. The van der Waals surface area contributed by atoms with Crippen molar-refractivity contribution < 1.29 is 4.79 Å². The highest BCUT2D eigenvalue weighted by atomic mass is 16.2. The molecule has 1 aliphatic heterocycles. The van der Waals surface area contributed by atoms with Gasteiger partial charge < -0.3 is 10.6 Å². The summed E-state index contributed by atoms with van der Waals surface area (Å²) < 4.78 is 0. The van der Waals surface area contributed by atoms with Gasteiger partial charge in [-0.3, -0.25) is 4.79 Å². The zero-order valence-electron chi connectivity index (χ0n) is 9.71. The average molecular weight is 219 g/mol. The Morgan fingerprint density at radius 2 is 2.38 bits per heavy atom. The van der Waals surface area contributed by atoms with Crippen LogP contribution < -0.4 is 10.6 Å². The molecule has 2 heterocycles. The Balaban J connectivity index is 2.08. The first-order chi connectivity index (χ1) is 7.59. The van der Waals surface area contributed by atoms with E-state index in [4.69, 9.17) is 0 Å². The summed E-state index contributed by atoms with van der Waals surface area (Å²) in [5.41, 5.74) is 1.22. The lowest BCUT2D eigenvalue weighted by Gasteiger charge is -2.24. The Morgan fingerprint density at radius 3 is 3.00 bits per heavy atom. The molecule has 0 saturated carbocycles. The van der Waals surface area contributed by atoms with Crippen LogP contribution in [-0.4, -0.2) is 29.5 Å². The maximum atomic E-state index is 12.0. The minimum absolute atomic E-state index is 0.0881. The van der Waals surface area contributed by atoms with E-state index in [1.165, 1.54) is 0 Å². The van der Waals surface area contributed by atoms with Gasteiger partial charge in [0.15, 0.2) is 0 Å². The number of amides is 1. The summed E-state index contributed by atoms with van der Waals surface area (Å²) in [6.45, 7) is 5.72. The van der Waals surface area contributed by atoms with E-state index >= 15 is 0 Å². The molecule has 1 atom stereocenters. The van der Waals surface area contributed by atoms with E-state index in [1.807, 2.05) is 19.1 Å². The van der Waals surface area contributed by atoms with E-state index in [0.29, 0.717) is 5.69 Å². The van der Waals surface area contributed by atoms with Crippen molar-refractivity contribution in [2.45, 2.75) is 25.8 Å². The molecule has 16 heavy (non-hydrogen) atoms. The molecule has 1 aromatic heterocycles. The van der Waals surface area contributed by atoms with Gasteiger partial charge in [-0.2, -0.15) is 0 Å². The number of aryl methyl sites for hydroxylation is 1. The Labute approximate surface area is 95.5 Å². The van der Waals surface area contributed by atoms with E-state index in [-0.39, 0.29) is 11.4 Å². The molecule has 0 spiro atoms. The minimum Gasteiger partial charge on any atom is -0.344 e. The summed E-state index contributed by atoms with van der Waals surface area (Å²) in [5.74, 6) is -0.0881. The summed E-state index contributed by atoms with van der Waals surface area (Å²) in [4.78, 5) is 16.2. The van der Waals surface area contributed by atoms with E-state index in [9.17, 15) is 4.79 Å². The number of carbonyl (C=O) groups excluding carboxylic acids is 1. The first-order valence-corrected chi connectivity index (χ1v) is 5.56. The smallest absolute Gasteiger partial charge is 0.270 e. The molecule has 2 N–H and O–H groups in total. The number of hydrogen-bond acceptors (Lipinski definition) is 3. The third-order valence-electron chi connectivity index (χ3n) is 2.90. The maximum absolute atomic E-state index is 12.0. The molecule has 1 unspecified atom stereocenters. The van der Waals surface area contributed by atoms with Gasteiger partial charge in [-0.25, -0.2) is 4.98 Å². The quantitative estimate of drug-likeness (QED) is 0.776. The van der Waals surface area contributed by atoms with Crippen LogP contribution in [0.3, 0.4) is 0 Å². The molecule has 4 nitrogen and oxygen atoms in total. The number of nitrogens with zero attached hydrogens (tertiary/aromatic N) is 1. The normalized spacial score (nSPS) is 24.4. The van der Waals surface area contributed by atoms with Crippen LogP contribution in [-0.2, 0) is 0 Å². The van der Waals surface area contributed by atoms with Crippen LogP contribution in [0.1, 0.15) is 29.5 Å². The lowest BCUT2D eigenvalue weighted by molar-refractivity contribution is 0.0907. The van der Waals surface area contributed by atoms with Gasteiger partial charge in [-0.1, -0.05) is 6.07 Å². The van der Waals surface area contributed by atoms with E-state index in [1.54, 1.807) is 6.07 Å². The van der Waals surface area contributed by atoms with Crippen molar-refractivity contribution in [1.29, 1.82) is 0 Å². The van der Waals surface area contributed by atoms with Crippen LogP contribution in [0.15, 0.2) is 18.2 Å². The molecule has 0 bridgehead atoms. The Morgan fingerprint density at radius 1 is 1.56 bits per heavy atom. The molecule has 1 saturated heterocycles. The van der Waals surface area contributed by atoms with Gasteiger partial charge in [-0.15, -0.1) is 0 Å². The van der Waals surface area contributed by atoms with E-state index < -0.39 is 0 Å². The Hall–Kier alpha value is -1.42. The third kappa shape index (κ3) is 2.39. The molecule has 0 aromatic carbocycles. The Kier molecular flexibility index (Phi) is 2.92. The standard InChI is InChI=1S/C12H17N3O/c1-9-4-3-5-10(14-9)11(16)15-12(2)6-7-13-8-12/h3-5,13H,6-8H2,1-2H3,(H,15,16). The van der Waals surface area contributed by atoms with Crippen LogP contribution in [0.4, 0.5) is 0 Å². The van der Waals surface area contributed by atoms with Gasteiger partial charge in [0, 0.05) is 12.2 Å². The van der Waals surface area contributed by atoms with Crippen LogP contribution in [0.25, 0.3) is 0 Å². The maximum Gasteiger partial charge on any atom is 0.270 e. The molecule has 0 radical (unpaired) electrons. The summed E-state index contributed by atoms with van der Waals surface area (Å²) in [7, 11) is 0. The topological polar surface area (TPSA) is 54.0 Å². The van der Waals surface area contributed by atoms with Crippen molar-refractivity contribution in [3.05, 3.63) is 29.6 Å². The van der Waals surface area contributed by atoms with Crippen molar-refractivity contribution >= 4 is 5.91 Å². The summed E-state index contributed by atoms with van der Waals surface area (Å²) in [6.07, 6.45) is 0.963. The molecule has 0 aliphatic carbocycles. The fourth-order valence-corrected chi connectivity index (χ4v) is 1.93. The van der Waals surface area contributed by atoms with Crippen molar-refractivity contribution in [3.63, 3.8) is 0 Å². The number of hydrogen-bond donors (Lipinski definition) is 2. The lowest BCUT2D eigenvalue weighted by Crippen LogP contribution is -2.47. The predicted molar refractivity (Wildman–Crippen MR) is 62.3 cm³/mol. The molecule has 1 amide bonds. The highest BCUT2D eigenvalue weighted by molar-refractivity contribution is 5.92. The van der Waals surface area contributed by atoms with Crippen molar-refractivity contribution in [3.8, 4) is 0 Å². The van der Waals surface area contributed by atoms with Gasteiger partial charge in [0.05, 0.1) is 5.54 Å². The first-order valence-electron chi connectivity index (χ1n) is 5.56. The predicted octanol–water partition coefficient (Wildman–Crippen LogP) is 0.872. The fourth-order valence-electron chi connectivity index (χ4n) is 1.93. The molecule has 86 valence electrons.